The van der Waals surface area contributed by atoms with Gasteiger partial charge in [-0.15, -0.1) is 11.3 Å². The summed E-state index contributed by atoms with van der Waals surface area (Å²) in [6.45, 7) is 0. The van der Waals surface area contributed by atoms with Crippen molar-refractivity contribution in [2.45, 2.75) is 0 Å². The Labute approximate surface area is 105 Å². The van der Waals surface area contributed by atoms with Gasteiger partial charge in [0.25, 0.3) is 0 Å². The highest BCUT2D eigenvalue weighted by atomic mass is 32.8. The van der Waals surface area contributed by atoms with E-state index in [4.69, 9.17) is 11.2 Å². The molecular formula is C10H9N3S3. The smallest absolute Gasteiger partial charge is 0.0812 e. The van der Waals surface area contributed by atoms with Crippen LogP contribution in [0.3, 0.4) is 0 Å². The molecule has 1 aromatic heterocycles. The molecule has 3 rings (SSSR count). The van der Waals surface area contributed by atoms with Crippen molar-refractivity contribution in [1.82, 2.24) is 9.82 Å². The summed E-state index contributed by atoms with van der Waals surface area (Å²) in [4.78, 5) is 6.84. The van der Waals surface area contributed by atoms with Gasteiger partial charge in [0.05, 0.1) is 15.7 Å². The molecule has 2 aromatic rings. The fourth-order valence-corrected chi connectivity index (χ4v) is 2.50. The molecule has 1 aliphatic rings. The molecule has 82 valence electrons. The number of nitrogens with one attached hydrogen (secondary N) is 1. The molecule has 0 saturated carbocycles. The third-order valence-electron chi connectivity index (χ3n) is 1.74. The quantitative estimate of drug-likeness (QED) is 0.796. The maximum atomic E-state index is 4.81. The lowest BCUT2D eigenvalue weighted by Crippen LogP contribution is -2.08. The van der Waals surface area contributed by atoms with E-state index < -0.39 is 0 Å². The number of allylic oxidation sites excluding steroid dienone is 1. The largest absolute Gasteiger partial charge is 0.245 e. The SMILES string of the molecule is S=S1C=CC=NN1.c1ccc2scnc2c1. The zero-order valence-electron chi connectivity index (χ0n) is 8.24. The summed E-state index contributed by atoms with van der Waals surface area (Å²) >= 11 is 6.48. The molecule has 1 unspecified atom stereocenters. The number of hydrogen-bond acceptors (Lipinski definition) is 4. The zero-order valence-corrected chi connectivity index (χ0v) is 10.7. The highest BCUT2D eigenvalue weighted by Gasteiger charge is 1.89. The van der Waals surface area contributed by atoms with Gasteiger partial charge in [-0.25, -0.2) is 9.82 Å². The van der Waals surface area contributed by atoms with Gasteiger partial charge in [0.15, 0.2) is 0 Å². The van der Waals surface area contributed by atoms with Crippen LogP contribution in [-0.4, -0.2) is 11.2 Å². The van der Waals surface area contributed by atoms with Gasteiger partial charge in [0.1, 0.15) is 0 Å². The van der Waals surface area contributed by atoms with Gasteiger partial charge in [-0.05, 0) is 34.8 Å². The number of aromatic nitrogens is 1. The molecule has 0 fully saturated rings. The lowest BCUT2D eigenvalue weighted by molar-refractivity contribution is 1.13. The number of rotatable bonds is 0. The minimum Gasteiger partial charge on any atom is -0.245 e. The summed E-state index contributed by atoms with van der Waals surface area (Å²) in [5.74, 6) is 0. The zero-order chi connectivity index (χ0) is 11.2. The monoisotopic (exact) mass is 267 g/mol. The Balaban J connectivity index is 0.000000125. The van der Waals surface area contributed by atoms with Crippen molar-refractivity contribution in [3.8, 4) is 0 Å². The van der Waals surface area contributed by atoms with Crippen LogP contribution < -0.4 is 4.83 Å². The predicted octanol–water partition coefficient (Wildman–Crippen LogP) is 2.38. The molecule has 0 bridgehead atoms. The number of hydrogen-bond donors (Lipinski definition) is 1. The molecule has 6 heteroatoms. The van der Waals surface area contributed by atoms with Crippen molar-refractivity contribution in [1.29, 1.82) is 0 Å². The molecular weight excluding hydrogens is 258 g/mol. The van der Waals surface area contributed by atoms with Crippen LogP contribution >= 0.6 is 11.3 Å². The van der Waals surface area contributed by atoms with Crippen LogP contribution in [0.15, 0.2) is 46.4 Å². The fourth-order valence-electron chi connectivity index (χ4n) is 1.07. The Bertz CT molecular complexity index is 515. The van der Waals surface area contributed by atoms with Crippen molar-refractivity contribution in [2.75, 3.05) is 0 Å². The van der Waals surface area contributed by atoms with Crippen LogP contribution in [0, 0.1) is 0 Å². The first-order valence-electron chi connectivity index (χ1n) is 4.50. The van der Waals surface area contributed by atoms with Crippen LogP contribution in [-0.2, 0) is 20.8 Å². The molecule has 0 radical (unpaired) electrons. The molecule has 0 aliphatic carbocycles. The molecule has 1 atom stereocenters. The topological polar surface area (TPSA) is 37.3 Å². The van der Waals surface area contributed by atoms with E-state index in [0.717, 1.165) is 5.52 Å². The highest BCUT2D eigenvalue weighted by molar-refractivity contribution is 8.29. The van der Waals surface area contributed by atoms with Gasteiger partial charge < -0.3 is 0 Å². The lowest BCUT2D eigenvalue weighted by Gasteiger charge is -1.97. The second-order valence-electron chi connectivity index (χ2n) is 2.82. The fraction of sp³-hybridized carbons (Fsp3) is 0. The minimum absolute atomic E-state index is 0.235. The van der Waals surface area contributed by atoms with Crippen molar-refractivity contribution >= 4 is 48.6 Å². The normalized spacial score (nSPS) is 17.6. The van der Waals surface area contributed by atoms with E-state index >= 15 is 0 Å². The Morgan fingerprint density at radius 2 is 2.19 bits per heavy atom. The maximum Gasteiger partial charge on any atom is 0.0812 e. The van der Waals surface area contributed by atoms with E-state index in [9.17, 15) is 0 Å². The number of benzene rings is 1. The molecule has 0 amide bonds. The number of para-hydroxylation sites is 1. The van der Waals surface area contributed by atoms with Gasteiger partial charge >= 0.3 is 0 Å². The first-order valence-corrected chi connectivity index (χ1v) is 7.60. The first-order chi connectivity index (χ1) is 7.86. The van der Waals surface area contributed by atoms with Crippen molar-refractivity contribution in [3.05, 3.63) is 41.3 Å². The van der Waals surface area contributed by atoms with E-state index in [-0.39, 0.29) is 9.64 Å². The van der Waals surface area contributed by atoms with Gasteiger partial charge in [-0.1, -0.05) is 12.1 Å². The van der Waals surface area contributed by atoms with E-state index in [0.29, 0.717) is 0 Å². The van der Waals surface area contributed by atoms with Crippen molar-refractivity contribution in [2.24, 2.45) is 5.10 Å². The molecule has 0 spiro atoms. The molecule has 0 saturated heterocycles. The molecule has 16 heavy (non-hydrogen) atoms. The van der Waals surface area contributed by atoms with Crippen molar-refractivity contribution < 1.29 is 0 Å². The average molecular weight is 267 g/mol. The Hall–Kier alpha value is -1.11. The standard InChI is InChI=1S/C7H5NS.C3H4N2S2/c1-2-4-7-6(3-1)8-5-9-7;6-7-3-1-2-4-5-7/h1-5H;1-3,5H. The summed E-state index contributed by atoms with van der Waals surface area (Å²) in [5.41, 5.74) is 2.97. The molecule has 2 heterocycles. The van der Waals surface area contributed by atoms with Crippen LogP contribution in [0.4, 0.5) is 0 Å². The molecule has 1 aliphatic heterocycles. The van der Waals surface area contributed by atoms with Crippen molar-refractivity contribution in [3.63, 3.8) is 0 Å². The summed E-state index contributed by atoms with van der Waals surface area (Å²) in [6, 6.07) is 8.13. The van der Waals surface area contributed by atoms with Gasteiger partial charge in [-0.3, -0.25) is 0 Å². The lowest BCUT2D eigenvalue weighted by atomic mass is 10.3. The number of fused-ring (bicyclic) bond motifs is 1. The van der Waals surface area contributed by atoms with Gasteiger partial charge in [0.2, 0.25) is 0 Å². The summed E-state index contributed by atoms with van der Waals surface area (Å²) in [5, 5.41) is 5.60. The summed E-state index contributed by atoms with van der Waals surface area (Å²) < 4.78 is 1.26. The Morgan fingerprint density at radius 1 is 1.31 bits per heavy atom. The first kappa shape index (κ1) is 11.4. The number of nitrogens with zero attached hydrogens (tertiary/aromatic N) is 2. The number of hydrazone groups is 1. The molecule has 1 aromatic carbocycles. The second-order valence-corrected chi connectivity index (χ2v) is 5.83. The Morgan fingerprint density at radius 3 is 2.81 bits per heavy atom. The summed E-state index contributed by atoms with van der Waals surface area (Å²) in [6.07, 6.45) is 3.52. The molecule has 3 nitrogen and oxygen atoms in total. The average Bonchev–Trinajstić information content (AvgIpc) is 2.79. The maximum absolute atomic E-state index is 4.81. The third kappa shape index (κ3) is 3.19. The van der Waals surface area contributed by atoms with E-state index in [1.54, 1.807) is 17.6 Å². The van der Waals surface area contributed by atoms with E-state index in [2.05, 4.69) is 21.0 Å². The highest BCUT2D eigenvalue weighted by Crippen LogP contribution is 2.15. The van der Waals surface area contributed by atoms with E-state index in [1.807, 2.05) is 35.2 Å². The molecule has 1 N–H and O–H groups in total. The van der Waals surface area contributed by atoms with Crippen LogP contribution in [0.1, 0.15) is 0 Å². The van der Waals surface area contributed by atoms with Crippen LogP contribution in [0.25, 0.3) is 10.2 Å². The predicted molar refractivity (Wildman–Crippen MR) is 75.1 cm³/mol. The second kappa shape index (κ2) is 5.83. The van der Waals surface area contributed by atoms with Crippen LogP contribution in [0.2, 0.25) is 0 Å². The Kier molecular flexibility index (Phi) is 4.15. The number of thiazole rings is 1. The third-order valence-corrected chi connectivity index (χ3v) is 3.80. The van der Waals surface area contributed by atoms with E-state index in [1.165, 1.54) is 4.70 Å². The van der Waals surface area contributed by atoms with Crippen LogP contribution in [0.5, 0.6) is 0 Å². The van der Waals surface area contributed by atoms with Gasteiger partial charge in [0, 0.05) is 15.9 Å². The van der Waals surface area contributed by atoms with Gasteiger partial charge in [-0.2, -0.15) is 5.10 Å². The summed E-state index contributed by atoms with van der Waals surface area (Å²) in [7, 11) is -0.235. The minimum atomic E-state index is -0.235.